The number of halogens is 1. The van der Waals surface area contributed by atoms with Crippen LogP contribution in [0.25, 0.3) is 5.57 Å². The molecule has 2 aliphatic rings. The summed E-state index contributed by atoms with van der Waals surface area (Å²) >= 11 is 2.12. The summed E-state index contributed by atoms with van der Waals surface area (Å²) in [5.74, 6) is 0.118. The van der Waals surface area contributed by atoms with Crippen LogP contribution in [0, 0.1) is 0 Å². The van der Waals surface area contributed by atoms with Gasteiger partial charge < -0.3 is 4.74 Å². The van der Waals surface area contributed by atoms with E-state index in [9.17, 15) is 9.59 Å². The molecular formula is C22H15IO3. The highest BCUT2D eigenvalue weighted by Gasteiger charge is 2.44. The lowest BCUT2D eigenvalue weighted by atomic mass is 9.64. The first kappa shape index (κ1) is 17.0. The number of hydrogen-bond donors (Lipinski definition) is 0. The quantitative estimate of drug-likeness (QED) is 0.622. The van der Waals surface area contributed by atoms with Crippen LogP contribution < -0.4 is 0 Å². The molecule has 0 aromatic heterocycles. The molecule has 0 fully saturated rings. The largest absolute Gasteiger partial charge is 0.493 e. The van der Waals surface area contributed by atoms with Crippen molar-refractivity contribution in [3.8, 4) is 0 Å². The van der Waals surface area contributed by atoms with Gasteiger partial charge in [0.1, 0.15) is 0 Å². The molecule has 0 bridgehead atoms. The summed E-state index contributed by atoms with van der Waals surface area (Å²) in [5.41, 5.74) is 2.62. The number of hydrogen-bond acceptors (Lipinski definition) is 3. The van der Waals surface area contributed by atoms with E-state index >= 15 is 0 Å². The molecule has 2 aromatic carbocycles. The molecule has 0 aliphatic heterocycles. The molecule has 1 atom stereocenters. The zero-order valence-corrected chi connectivity index (χ0v) is 16.2. The lowest BCUT2D eigenvalue weighted by molar-refractivity contribution is -0.114. The highest BCUT2D eigenvalue weighted by atomic mass is 127. The molecule has 4 rings (SSSR count). The first-order chi connectivity index (χ1) is 12.6. The number of ether oxygens (including phenoxy) is 1. The fraction of sp³-hybridized carbons (Fsp3) is 0.0909. The first-order valence-corrected chi connectivity index (χ1v) is 9.26. The lowest BCUT2D eigenvalue weighted by Gasteiger charge is -2.38. The van der Waals surface area contributed by atoms with Crippen molar-refractivity contribution in [1.29, 1.82) is 0 Å². The van der Waals surface area contributed by atoms with Gasteiger partial charge in [-0.15, -0.1) is 0 Å². The lowest BCUT2D eigenvalue weighted by Crippen LogP contribution is -2.34. The normalized spacial score (nSPS) is 21.7. The minimum Gasteiger partial charge on any atom is -0.493 e. The van der Waals surface area contributed by atoms with E-state index in [1.54, 1.807) is 0 Å². The maximum absolute atomic E-state index is 13.0. The molecule has 26 heavy (non-hydrogen) atoms. The zero-order chi connectivity index (χ0) is 18.3. The van der Waals surface area contributed by atoms with Gasteiger partial charge in [0.2, 0.25) is 5.78 Å². The van der Waals surface area contributed by atoms with Crippen molar-refractivity contribution in [1.82, 2.24) is 0 Å². The number of Topliss-reactive ketones (excluding diaryl/α,β-unsaturated/α-hetero) is 1. The topological polar surface area (TPSA) is 43.4 Å². The average molecular weight is 454 g/mol. The van der Waals surface area contributed by atoms with E-state index in [1.807, 2.05) is 66.7 Å². The number of carbonyl (C=O) groups is 2. The molecule has 2 aliphatic carbocycles. The third-order valence-electron chi connectivity index (χ3n) is 4.83. The molecular weight excluding hydrogens is 439 g/mol. The van der Waals surface area contributed by atoms with Gasteiger partial charge in [-0.2, -0.15) is 0 Å². The number of methoxy groups -OCH3 is 1. The highest BCUT2D eigenvalue weighted by Crippen LogP contribution is 2.51. The number of carbonyl (C=O) groups excluding carboxylic acids is 2. The Balaban J connectivity index is 2.11. The Bertz CT molecular complexity index is 1010. The maximum atomic E-state index is 13.0. The predicted octanol–water partition coefficient (Wildman–Crippen LogP) is 4.64. The number of benzene rings is 2. The molecule has 128 valence electrons. The van der Waals surface area contributed by atoms with Gasteiger partial charge in [-0.25, -0.2) is 0 Å². The number of allylic oxidation sites excluding steroid dienone is 5. The molecule has 3 nitrogen and oxygen atoms in total. The standard InChI is InChI=1S/C22H15IO3/c1-26-18-13-22(12-11-17(18)24)16-10-6-5-9-15(16)21(25)20(23)19(22)14-7-3-2-4-8-14/h2-13H,1H3. The molecule has 0 N–H and O–H groups in total. The van der Waals surface area contributed by atoms with Crippen LogP contribution in [0.15, 0.2) is 82.2 Å². The van der Waals surface area contributed by atoms with Gasteiger partial charge in [0.15, 0.2) is 11.5 Å². The Morgan fingerprint density at radius 2 is 1.65 bits per heavy atom. The monoisotopic (exact) mass is 454 g/mol. The molecule has 0 saturated heterocycles. The number of fused-ring (bicyclic) bond motifs is 2. The van der Waals surface area contributed by atoms with Crippen molar-refractivity contribution in [3.05, 3.63) is 98.9 Å². The summed E-state index contributed by atoms with van der Waals surface area (Å²) < 4.78 is 5.99. The van der Waals surface area contributed by atoms with E-state index in [2.05, 4.69) is 22.6 Å². The summed E-state index contributed by atoms with van der Waals surface area (Å²) in [7, 11) is 1.49. The Kier molecular flexibility index (Phi) is 4.15. The smallest absolute Gasteiger partial charge is 0.219 e. The summed E-state index contributed by atoms with van der Waals surface area (Å²) in [6.07, 6.45) is 5.25. The van der Waals surface area contributed by atoms with E-state index in [1.165, 1.54) is 13.2 Å². The van der Waals surface area contributed by atoms with Crippen molar-refractivity contribution in [2.24, 2.45) is 0 Å². The molecule has 2 aromatic rings. The van der Waals surface area contributed by atoms with E-state index in [0.717, 1.165) is 16.7 Å². The predicted molar refractivity (Wildman–Crippen MR) is 109 cm³/mol. The van der Waals surface area contributed by atoms with Gasteiger partial charge in [0.25, 0.3) is 0 Å². The fourth-order valence-electron chi connectivity index (χ4n) is 3.66. The SMILES string of the molecule is COC1=CC2(C=CC1=O)C(c1ccccc1)=C(I)C(=O)c1ccccc12. The summed E-state index contributed by atoms with van der Waals surface area (Å²) in [6, 6.07) is 17.4. The van der Waals surface area contributed by atoms with Crippen molar-refractivity contribution in [2.75, 3.05) is 7.11 Å². The molecule has 0 amide bonds. The maximum Gasteiger partial charge on any atom is 0.219 e. The second kappa shape index (κ2) is 6.36. The Hall–Kier alpha value is -2.47. The average Bonchev–Trinajstić information content (AvgIpc) is 2.69. The van der Waals surface area contributed by atoms with Crippen molar-refractivity contribution >= 4 is 39.7 Å². The second-order valence-corrected chi connectivity index (χ2v) is 7.29. The van der Waals surface area contributed by atoms with Gasteiger partial charge >= 0.3 is 0 Å². The second-order valence-electron chi connectivity index (χ2n) is 6.21. The fourth-order valence-corrected chi connectivity index (χ4v) is 4.71. The first-order valence-electron chi connectivity index (χ1n) is 8.19. The van der Waals surface area contributed by atoms with Crippen LogP contribution in [0.4, 0.5) is 0 Å². The Morgan fingerprint density at radius 3 is 2.38 bits per heavy atom. The highest BCUT2D eigenvalue weighted by molar-refractivity contribution is 14.1. The number of ketones is 2. The van der Waals surface area contributed by atoms with Crippen LogP contribution in [0.5, 0.6) is 0 Å². The summed E-state index contributed by atoms with van der Waals surface area (Å²) in [6.45, 7) is 0. The van der Waals surface area contributed by atoms with E-state index < -0.39 is 5.41 Å². The molecule has 0 saturated carbocycles. The zero-order valence-electron chi connectivity index (χ0n) is 14.0. The van der Waals surface area contributed by atoms with Crippen LogP contribution in [-0.4, -0.2) is 18.7 Å². The Morgan fingerprint density at radius 1 is 0.962 bits per heavy atom. The van der Waals surface area contributed by atoms with Crippen molar-refractivity contribution < 1.29 is 14.3 Å². The third kappa shape index (κ3) is 2.40. The number of rotatable bonds is 2. The van der Waals surface area contributed by atoms with E-state index in [-0.39, 0.29) is 17.3 Å². The van der Waals surface area contributed by atoms with E-state index in [4.69, 9.17) is 4.74 Å². The van der Waals surface area contributed by atoms with Crippen LogP contribution in [0.1, 0.15) is 21.5 Å². The molecule has 0 radical (unpaired) electrons. The van der Waals surface area contributed by atoms with Crippen molar-refractivity contribution in [2.45, 2.75) is 5.41 Å². The van der Waals surface area contributed by atoms with Crippen molar-refractivity contribution in [3.63, 3.8) is 0 Å². The van der Waals surface area contributed by atoms with Crippen LogP contribution in [-0.2, 0) is 14.9 Å². The Labute approximate surface area is 165 Å². The van der Waals surface area contributed by atoms with Gasteiger partial charge in [-0.05, 0) is 51.4 Å². The van der Waals surface area contributed by atoms with Crippen LogP contribution in [0.3, 0.4) is 0 Å². The molecule has 1 spiro atoms. The van der Waals surface area contributed by atoms with Gasteiger partial charge in [0.05, 0.1) is 16.1 Å². The van der Waals surface area contributed by atoms with Gasteiger partial charge in [-0.3, -0.25) is 9.59 Å². The summed E-state index contributed by atoms with van der Waals surface area (Å²) in [5, 5.41) is 0. The molecule has 4 heteroatoms. The summed E-state index contributed by atoms with van der Waals surface area (Å²) in [4.78, 5) is 25.2. The minimum absolute atomic E-state index is 0.00310. The van der Waals surface area contributed by atoms with Gasteiger partial charge in [-0.1, -0.05) is 60.7 Å². The molecule has 0 heterocycles. The van der Waals surface area contributed by atoms with E-state index in [0.29, 0.717) is 9.14 Å². The minimum atomic E-state index is -0.721. The third-order valence-corrected chi connectivity index (χ3v) is 5.86. The van der Waals surface area contributed by atoms with Gasteiger partial charge in [0, 0.05) is 5.56 Å². The van der Waals surface area contributed by atoms with Crippen LogP contribution in [0.2, 0.25) is 0 Å². The molecule has 1 unspecified atom stereocenters. The van der Waals surface area contributed by atoms with Crippen LogP contribution >= 0.6 is 22.6 Å².